The SMILES string of the molecule is CS(=O)(=NCCCc1nnc(N)s1)c1ccc(F)cc1. The number of nitrogens with two attached hydrogens (primary N) is 1. The van der Waals surface area contributed by atoms with Crippen molar-refractivity contribution in [3.8, 4) is 0 Å². The van der Waals surface area contributed by atoms with Crippen molar-refractivity contribution in [1.29, 1.82) is 0 Å². The molecular formula is C12H15FN4OS2. The standard InChI is InChI=1S/C12H15FN4OS2/c1-20(18,10-6-4-9(13)5-7-10)15-8-2-3-11-16-17-12(14)19-11/h4-7H,2-3,8H2,1H3,(H2,14,17). The topological polar surface area (TPSA) is 81.2 Å². The summed E-state index contributed by atoms with van der Waals surface area (Å²) in [5, 5.41) is 8.93. The third-order valence-electron chi connectivity index (χ3n) is 2.62. The van der Waals surface area contributed by atoms with Crippen molar-refractivity contribution in [2.24, 2.45) is 4.36 Å². The Kier molecular flexibility index (Phi) is 4.66. The molecule has 5 nitrogen and oxygen atoms in total. The van der Waals surface area contributed by atoms with Crippen LogP contribution in [0.3, 0.4) is 0 Å². The van der Waals surface area contributed by atoms with E-state index in [0.29, 0.717) is 23.0 Å². The van der Waals surface area contributed by atoms with Crippen LogP contribution in [0.25, 0.3) is 0 Å². The second-order valence-corrected chi connectivity index (χ2v) is 7.68. The number of benzene rings is 1. The number of aromatic nitrogens is 2. The van der Waals surface area contributed by atoms with Crippen molar-refractivity contribution >= 4 is 26.2 Å². The predicted octanol–water partition coefficient (Wildman–Crippen LogP) is 2.35. The summed E-state index contributed by atoms with van der Waals surface area (Å²) in [4.78, 5) is 0.541. The monoisotopic (exact) mass is 314 g/mol. The Morgan fingerprint density at radius 3 is 2.65 bits per heavy atom. The minimum atomic E-state index is -2.48. The van der Waals surface area contributed by atoms with Crippen LogP contribution >= 0.6 is 11.3 Å². The Balaban J connectivity index is 1.96. The van der Waals surface area contributed by atoms with Crippen LogP contribution in [0.5, 0.6) is 0 Å². The molecule has 2 aromatic rings. The van der Waals surface area contributed by atoms with Crippen molar-refractivity contribution in [3.63, 3.8) is 0 Å². The summed E-state index contributed by atoms with van der Waals surface area (Å²) in [6.45, 7) is 0.451. The molecule has 108 valence electrons. The molecule has 0 amide bonds. The van der Waals surface area contributed by atoms with Gasteiger partial charge in [-0.1, -0.05) is 11.3 Å². The smallest absolute Gasteiger partial charge is 0.203 e. The lowest BCUT2D eigenvalue weighted by molar-refractivity contribution is 0.626. The number of hydrogen-bond donors (Lipinski definition) is 1. The van der Waals surface area contributed by atoms with Crippen molar-refractivity contribution in [2.75, 3.05) is 18.5 Å². The highest BCUT2D eigenvalue weighted by molar-refractivity contribution is 7.93. The van der Waals surface area contributed by atoms with Crippen LogP contribution < -0.4 is 5.73 Å². The fourth-order valence-corrected chi connectivity index (χ4v) is 3.52. The molecule has 1 unspecified atom stereocenters. The normalized spacial score (nSPS) is 13.9. The van der Waals surface area contributed by atoms with Crippen LogP contribution in [-0.4, -0.2) is 27.2 Å². The molecule has 1 atom stereocenters. The summed E-state index contributed by atoms with van der Waals surface area (Å²) in [5.74, 6) is -0.349. The van der Waals surface area contributed by atoms with E-state index in [-0.39, 0.29) is 5.82 Å². The first-order chi connectivity index (χ1) is 9.47. The number of anilines is 1. The van der Waals surface area contributed by atoms with Crippen molar-refractivity contribution < 1.29 is 8.60 Å². The molecule has 0 saturated carbocycles. The maximum atomic E-state index is 12.8. The molecule has 8 heteroatoms. The molecule has 0 bridgehead atoms. The molecule has 0 fully saturated rings. The van der Waals surface area contributed by atoms with Gasteiger partial charge in [0, 0.05) is 24.1 Å². The van der Waals surface area contributed by atoms with Gasteiger partial charge in [-0.3, -0.25) is 0 Å². The molecule has 0 saturated heterocycles. The maximum absolute atomic E-state index is 12.8. The summed E-state index contributed by atoms with van der Waals surface area (Å²) in [6, 6.07) is 5.59. The first-order valence-corrected chi connectivity index (χ1v) is 8.73. The molecular weight excluding hydrogens is 299 g/mol. The zero-order valence-corrected chi connectivity index (χ0v) is 12.6. The second-order valence-electron chi connectivity index (χ2n) is 4.25. The molecule has 20 heavy (non-hydrogen) atoms. The minimum Gasteiger partial charge on any atom is -0.374 e. The summed E-state index contributed by atoms with van der Waals surface area (Å²) >= 11 is 1.34. The molecule has 0 aliphatic carbocycles. The zero-order chi connectivity index (χ0) is 14.6. The number of nitrogen functional groups attached to an aromatic ring is 1. The Labute approximate surface area is 121 Å². The van der Waals surface area contributed by atoms with E-state index in [0.717, 1.165) is 11.4 Å². The van der Waals surface area contributed by atoms with E-state index in [4.69, 9.17) is 5.73 Å². The number of rotatable bonds is 5. The molecule has 0 aliphatic heterocycles. The summed E-state index contributed by atoms with van der Waals surface area (Å²) in [7, 11) is -2.48. The Morgan fingerprint density at radius 1 is 1.35 bits per heavy atom. The van der Waals surface area contributed by atoms with Crippen LogP contribution in [0.4, 0.5) is 9.52 Å². The molecule has 1 aromatic heterocycles. The van der Waals surface area contributed by atoms with E-state index in [1.165, 1.54) is 35.6 Å². The van der Waals surface area contributed by atoms with E-state index >= 15 is 0 Å². The van der Waals surface area contributed by atoms with Crippen LogP contribution in [0.15, 0.2) is 33.5 Å². The van der Waals surface area contributed by atoms with Crippen LogP contribution in [0.1, 0.15) is 11.4 Å². The molecule has 1 heterocycles. The van der Waals surface area contributed by atoms with Gasteiger partial charge in [0.1, 0.15) is 10.8 Å². The van der Waals surface area contributed by atoms with Gasteiger partial charge in [0.25, 0.3) is 0 Å². The quantitative estimate of drug-likeness (QED) is 0.859. The molecule has 2 rings (SSSR count). The van der Waals surface area contributed by atoms with E-state index in [1.54, 1.807) is 6.26 Å². The van der Waals surface area contributed by atoms with E-state index < -0.39 is 9.73 Å². The average Bonchev–Trinajstić information content (AvgIpc) is 2.81. The summed E-state index contributed by atoms with van der Waals surface area (Å²) in [5.41, 5.74) is 5.49. The average molecular weight is 314 g/mol. The predicted molar refractivity (Wildman–Crippen MR) is 78.7 cm³/mol. The van der Waals surface area contributed by atoms with Gasteiger partial charge in [-0.05, 0) is 30.7 Å². The fraction of sp³-hybridized carbons (Fsp3) is 0.333. The summed E-state index contributed by atoms with van der Waals surface area (Å²) in [6.07, 6.45) is 2.99. The number of aryl methyl sites for hydroxylation is 1. The van der Waals surface area contributed by atoms with Crippen LogP contribution in [0, 0.1) is 5.82 Å². The molecule has 0 radical (unpaired) electrons. The lowest BCUT2D eigenvalue weighted by Gasteiger charge is -2.04. The third-order valence-corrected chi connectivity index (χ3v) is 5.25. The maximum Gasteiger partial charge on any atom is 0.203 e. The number of halogens is 1. The first-order valence-electron chi connectivity index (χ1n) is 5.99. The van der Waals surface area contributed by atoms with E-state index in [1.807, 2.05) is 0 Å². The Morgan fingerprint density at radius 2 is 2.05 bits per heavy atom. The van der Waals surface area contributed by atoms with Gasteiger partial charge in [-0.2, -0.15) is 0 Å². The highest BCUT2D eigenvalue weighted by Gasteiger charge is 2.06. The lowest BCUT2D eigenvalue weighted by atomic mass is 10.3. The molecule has 0 aliphatic rings. The fourth-order valence-electron chi connectivity index (χ4n) is 1.60. The largest absolute Gasteiger partial charge is 0.374 e. The highest BCUT2D eigenvalue weighted by Crippen LogP contribution is 2.14. The van der Waals surface area contributed by atoms with Gasteiger partial charge in [-0.25, -0.2) is 13.0 Å². The van der Waals surface area contributed by atoms with Crippen molar-refractivity contribution in [3.05, 3.63) is 35.1 Å². The Bertz CT molecular complexity index is 690. The van der Waals surface area contributed by atoms with Gasteiger partial charge < -0.3 is 5.73 Å². The van der Waals surface area contributed by atoms with Gasteiger partial charge in [0.2, 0.25) is 5.13 Å². The van der Waals surface area contributed by atoms with E-state index in [9.17, 15) is 8.60 Å². The van der Waals surface area contributed by atoms with Crippen LogP contribution in [-0.2, 0) is 16.1 Å². The molecule has 2 N–H and O–H groups in total. The molecule has 0 spiro atoms. The van der Waals surface area contributed by atoms with Crippen molar-refractivity contribution in [1.82, 2.24) is 10.2 Å². The third kappa shape index (κ3) is 3.97. The van der Waals surface area contributed by atoms with Crippen LogP contribution in [0.2, 0.25) is 0 Å². The summed E-state index contributed by atoms with van der Waals surface area (Å²) < 4.78 is 29.4. The highest BCUT2D eigenvalue weighted by atomic mass is 32.2. The number of hydrogen-bond acceptors (Lipinski definition) is 6. The van der Waals surface area contributed by atoms with Gasteiger partial charge >= 0.3 is 0 Å². The Hall–Kier alpha value is -1.54. The number of nitrogens with zero attached hydrogens (tertiary/aromatic N) is 3. The second kappa shape index (κ2) is 6.27. The minimum absolute atomic E-state index is 0.349. The zero-order valence-electron chi connectivity index (χ0n) is 11.0. The van der Waals surface area contributed by atoms with Gasteiger partial charge in [0.15, 0.2) is 0 Å². The first kappa shape index (κ1) is 14.9. The van der Waals surface area contributed by atoms with E-state index in [2.05, 4.69) is 14.6 Å². The molecule has 1 aromatic carbocycles. The van der Waals surface area contributed by atoms with Gasteiger partial charge in [-0.15, -0.1) is 10.2 Å². The van der Waals surface area contributed by atoms with Crippen molar-refractivity contribution in [2.45, 2.75) is 17.7 Å². The van der Waals surface area contributed by atoms with Gasteiger partial charge in [0.05, 0.1) is 9.73 Å². The lowest BCUT2D eigenvalue weighted by Crippen LogP contribution is -2.00.